The van der Waals surface area contributed by atoms with Crippen LogP contribution in [0.4, 0.5) is 0 Å². The molecule has 110 valence electrons. The number of nitrogens with zero attached hydrogens (tertiary/aromatic N) is 2. The number of rotatable bonds is 4. The van der Waals surface area contributed by atoms with Crippen LogP contribution in [-0.4, -0.2) is 21.0 Å². The Balaban J connectivity index is 2.17. The lowest BCUT2D eigenvalue weighted by molar-refractivity contribution is 0.0695. The van der Waals surface area contributed by atoms with Gasteiger partial charge in [0.25, 0.3) is 0 Å². The van der Waals surface area contributed by atoms with Gasteiger partial charge in [0.15, 0.2) is 5.82 Å². The molecule has 0 bridgehead atoms. The molecule has 0 saturated carbocycles. The highest BCUT2D eigenvalue weighted by atomic mass is 16.5. The van der Waals surface area contributed by atoms with Crippen molar-refractivity contribution in [3.05, 3.63) is 52.1 Å². The zero-order valence-corrected chi connectivity index (χ0v) is 12.6. The number of hydrogen-bond acceptors (Lipinski definition) is 4. The molecular formula is C16H18N2O3. The Labute approximate surface area is 123 Å². The molecule has 0 saturated heterocycles. The first-order valence-corrected chi connectivity index (χ1v) is 6.65. The quantitative estimate of drug-likeness (QED) is 0.935. The van der Waals surface area contributed by atoms with E-state index in [1.54, 1.807) is 6.92 Å². The zero-order valence-electron chi connectivity index (χ0n) is 12.6. The van der Waals surface area contributed by atoms with Gasteiger partial charge in [-0.15, -0.1) is 0 Å². The van der Waals surface area contributed by atoms with Crippen molar-refractivity contribution < 1.29 is 14.6 Å². The first kappa shape index (κ1) is 15.0. The topological polar surface area (TPSA) is 72.3 Å². The summed E-state index contributed by atoms with van der Waals surface area (Å²) in [6, 6.07) is 4.12. The highest BCUT2D eigenvalue weighted by Gasteiger charge is 2.11. The fraction of sp³-hybridized carbons (Fsp3) is 0.312. The van der Waals surface area contributed by atoms with E-state index in [1.807, 2.05) is 20.8 Å². The molecular weight excluding hydrogens is 268 g/mol. The standard InChI is InChI=1S/C16H18N2O3/c1-9-5-10(2)15(11(3)6-9)21-8-14-17-7-13(16(19)20)12(4)18-14/h5-7H,8H2,1-4H3,(H,19,20). The number of hydrogen-bond donors (Lipinski definition) is 1. The van der Waals surface area contributed by atoms with Crippen molar-refractivity contribution in [3.8, 4) is 5.75 Å². The molecule has 1 aromatic heterocycles. The van der Waals surface area contributed by atoms with Crippen LogP contribution in [0, 0.1) is 27.7 Å². The maximum Gasteiger partial charge on any atom is 0.339 e. The Morgan fingerprint density at radius 3 is 2.33 bits per heavy atom. The van der Waals surface area contributed by atoms with Gasteiger partial charge in [0.1, 0.15) is 12.4 Å². The Morgan fingerprint density at radius 1 is 1.19 bits per heavy atom. The van der Waals surface area contributed by atoms with E-state index in [-0.39, 0.29) is 12.2 Å². The Morgan fingerprint density at radius 2 is 1.81 bits per heavy atom. The first-order valence-electron chi connectivity index (χ1n) is 6.65. The number of aromatic carboxylic acids is 1. The van der Waals surface area contributed by atoms with Crippen LogP contribution >= 0.6 is 0 Å². The van der Waals surface area contributed by atoms with Crippen molar-refractivity contribution in [2.45, 2.75) is 34.3 Å². The summed E-state index contributed by atoms with van der Waals surface area (Å²) in [4.78, 5) is 19.1. The second-order valence-corrected chi connectivity index (χ2v) is 5.11. The fourth-order valence-corrected chi connectivity index (χ4v) is 2.33. The van der Waals surface area contributed by atoms with Crippen LogP contribution < -0.4 is 4.74 Å². The third-order valence-corrected chi connectivity index (χ3v) is 3.21. The number of carboxylic acid groups (broad SMARTS) is 1. The van der Waals surface area contributed by atoms with Gasteiger partial charge in [-0.3, -0.25) is 0 Å². The Kier molecular flexibility index (Phi) is 4.21. The molecule has 1 N–H and O–H groups in total. The smallest absolute Gasteiger partial charge is 0.339 e. The predicted molar refractivity (Wildman–Crippen MR) is 78.7 cm³/mol. The maximum atomic E-state index is 10.9. The first-order chi connectivity index (χ1) is 9.88. The number of ether oxygens (including phenoxy) is 1. The Bertz CT molecular complexity index is 673. The highest BCUT2D eigenvalue weighted by molar-refractivity contribution is 5.88. The predicted octanol–water partition coefficient (Wildman–Crippen LogP) is 2.99. The van der Waals surface area contributed by atoms with Crippen LogP contribution in [0.3, 0.4) is 0 Å². The molecule has 0 fully saturated rings. The highest BCUT2D eigenvalue weighted by Crippen LogP contribution is 2.25. The molecule has 0 radical (unpaired) electrons. The van der Waals surface area contributed by atoms with E-state index in [0.29, 0.717) is 11.5 Å². The van der Waals surface area contributed by atoms with E-state index >= 15 is 0 Å². The minimum atomic E-state index is -1.02. The lowest BCUT2D eigenvalue weighted by Gasteiger charge is -2.13. The average Bonchev–Trinajstić information content (AvgIpc) is 2.36. The fourth-order valence-electron chi connectivity index (χ4n) is 2.33. The van der Waals surface area contributed by atoms with Gasteiger partial charge in [0.2, 0.25) is 0 Å². The summed E-state index contributed by atoms with van der Waals surface area (Å²) < 4.78 is 5.79. The van der Waals surface area contributed by atoms with Crippen LogP contribution in [-0.2, 0) is 6.61 Å². The third kappa shape index (κ3) is 3.37. The molecule has 0 unspecified atom stereocenters. The number of aryl methyl sites for hydroxylation is 4. The second-order valence-electron chi connectivity index (χ2n) is 5.11. The molecule has 2 aromatic rings. The minimum Gasteiger partial charge on any atom is -0.485 e. The van der Waals surface area contributed by atoms with Gasteiger partial charge >= 0.3 is 5.97 Å². The lowest BCUT2D eigenvalue weighted by Crippen LogP contribution is -2.09. The maximum absolute atomic E-state index is 10.9. The molecule has 0 amide bonds. The van der Waals surface area contributed by atoms with Crippen molar-refractivity contribution in [1.29, 1.82) is 0 Å². The number of benzene rings is 1. The molecule has 5 heteroatoms. The number of carbonyl (C=O) groups is 1. The SMILES string of the molecule is Cc1cc(C)c(OCc2ncc(C(=O)O)c(C)n2)c(C)c1. The molecule has 0 aliphatic heterocycles. The largest absolute Gasteiger partial charge is 0.485 e. The van der Waals surface area contributed by atoms with E-state index in [2.05, 4.69) is 22.1 Å². The van der Waals surface area contributed by atoms with E-state index in [1.165, 1.54) is 11.8 Å². The molecule has 0 aliphatic carbocycles. The molecule has 2 rings (SSSR count). The van der Waals surface area contributed by atoms with Crippen LogP contribution in [0.15, 0.2) is 18.3 Å². The summed E-state index contributed by atoms with van der Waals surface area (Å²) in [5, 5.41) is 8.95. The molecule has 5 nitrogen and oxygen atoms in total. The minimum absolute atomic E-state index is 0.112. The van der Waals surface area contributed by atoms with Crippen LogP contribution in [0.1, 0.15) is 38.6 Å². The van der Waals surface area contributed by atoms with Crippen LogP contribution in [0.5, 0.6) is 5.75 Å². The lowest BCUT2D eigenvalue weighted by atomic mass is 10.1. The molecule has 0 spiro atoms. The van der Waals surface area contributed by atoms with Crippen molar-refractivity contribution in [3.63, 3.8) is 0 Å². The molecule has 0 atom stereocenters. The van der Waals surface area contributed by atoms with E-state index in [0.717, 1.165) is 16.9 Å². The van der Waals surface area contributed by atoms with Gasteiger partial charge in [-0.25, -0.2) is 14.8 Å². The number of carboxylic acids is 1. The van der Waals surface area contributed by atoms with Crippen molar-refractivity contribution in [2.75, 3.05) is 0 Å². The van der Waals surface area contributed by atoms with Crippen molar-refractivity contribution in [1.82, 2.24) is 9.97 Å². The molecule has 1 aromatic carbocycles. The Hall–Kier alpha value is -2.43. The monoisotopic (exact) mass is 286 g/mol. The second kappa shape index (κ2) is 5.91. The van der Waals surface area contributed by atoms with Crippen LogP contribution in [0.25, 0.3) is 0 Å². The molecule has 1 heterocycles. The summed E-state index contributed by atoms with van der Waals surface area (Å²) in [6.07, 6.45) is 1.32. The van der Waals surface area contributed by atoms with Gasteiger partial charge in [-0.05, 0) is 38.8 Å². The van der Waals surface area contributed by atoms with E-state index in [9.17, 15) is 4.79 Å². The van der Waals surface area contributed by atoms with Gasteiger partial charge in [-0.2, -0.15) is 0 Å². The van der Waals surface area contributed by atoms with E-state index < -0.39 is 5.97 Å². The van der Waals surface area contributed by atoms with Gasteiger partial charge in [-0.1, -0.05) is 17.7 Å². The molecule has 0 aliphatic rings. The van der Waals surface area contributed by atoms with Gasteiger partial charge in [0.05, 0.1) is 11.3 Å². The average molecular weight is 286 g/mol. The third-order valence-electron chi connectivity index (χ3n) is 3.21. The summed E-state index contributed by atoms with van der Waals surface area (Å²) in [7, 11) is 0. The van der Waals surface area contributed by atoms with Crippen molar-refractivity contribution in [2.24, 2.45) is 0 Å². The van der Waals surface area contributed by atoms with Crippen molar-refractivity contribution >= 4 is 5.97 Å². The van der Waals surface area contributed by atoms with Gasteiger partial charge < -0.3 is 9.84 Å². The van der Waals surface area contributed by atoms with E-state index in [4.69, 9.17) is 9.84 Å². The van der Waals surface area contributed by atoms with Crippen LogP contribution in [0.2, 0.25) is 0 Å². The summed E-state index contributed by atoms with van der Waals surface area (Å²) in [6.45, 7) is 7.90. The normalized spacial score (nSPS) is 10.5. The summed E-state index contributed by atoms with van der Waals surface area (Å²) in [5.41, 5.74) is 3.86. The molecule has 21 heavy (non-hydrogen) atoms. The zero-order chi connectivity index (χ0) is 15.6. The number of aromatic nitrogens is 2. The van der Waals surface area contributed by atoms with Gasteiger partial charge in [0, 0.05) is 6.20 Å². The summed E-state index contributed by atoms with van der Waals surface area (Å²) in [5.74, 6) is 0.270. The summed E-state index contributed by atoms with van der Waals surface area (Å²) >= 11 is 0.